The molecule has 2 atom stereocenters. The van der Waals surface area contributed by atoms with Gasteiger partial charge in [-0.1, -0.05) is 20.3 Å². The summed E-state index contributed by atoms with van der Waals surface area (Å²) in [7, 11) is 0. The number of aromatic nitrogens is 1. The molecule has 1 rings (SSSR count). The first-order chi connectivity index (χ1) is 8.04. The molecule has 3 nitrogen and oxygen atoms in total. The van der Waals surface area contributed by atoms with Crippen LogP contribution < -0.4 is 4.74 Å². The summed E-state index contributed by atoms with van der Waals surface area (Å²) >= 11 is 0. The Kier molecular flexibility index (Phi) is 5.42. The van der Waals surface area contributed by atoms with Gasteiger partial charge < -0.3 is 9.84 Å². The van der Waals surface area contributed by atoms with Crippen LogP contribution in [0.1, 0.15) is 52.2 Å². The van der Waals surface area contributed by atoms with Gasteiger partial charge in [-0.05, 0) is 32.3 Å². The van der Waals surface area contributed by atoms with E-state index in [2.05, 4.69) is 18.8 Å². The predicted octanol–water partition coefficient (Wildman–Crippen LogP) is 3.34. The number of nitrogens with zero attached hydrogens (tertiary/aromatic N) is 1. The third-order valence-corrected chi connectivity index (χ3v) is 2.73. The quantitative estimate of drug-likeness (QED) is 0.825. The number of hydrogen-bond donors (Lipinski definition) is 1. The lowest BCUT2D eigenvalue weighted by atomic mass is 9.94. The molecule has 0 amide bonds. The highest BCUT2D eigenvalue weighted by Gasteiger charge is 2.16. The number of aliphatic hydroxyl groups is 1. The molecular weight excluding hydrogens is 214 g/mol. The van der Waals surface area contributed by atoms with Gasteiger partial charge in [0.2, 0.25) is 0 Å². The van der Waals surface area contributed by atoms with Crippen molar-refractivity contribution in [3.05, 3.63) is 24.0 Å². The van der Waals surface area contributed by atoms with Crippen LogP contribution in [-0.2, 0) is 0 Å². The maximum atomic E-state index is 10.2. The van der Waals surface area contributed by atoms with Crippen LogP contribution >= 0.6 is 0 Å². The van der Waals surface area contributed by atoms with Gasteiger partial charge >= 0.3 is 0 Å². The minimum absolute atomic E-state index is 0.122. The van der Waals surface area contributed by atoms with Crippen molar-refractivity contribution >= 4 is 0 Å². The molecule has 0 aromatic carbocycles. The van der Waals surface area contributed by atoms with Gasteiger partial charge in [-0.15, -0.1) is 0 Å². The molecule has 0 spiro atoms. The summed E-state index contributed by atoms with van der Waals surface area (Å²) in [6.07, 6.45) is 5.14. The second-order valence-corrected chi connectivity index (χ2v) is 4.83. The average molecular weight is 237 g/mol. The fraction of sp³-hybridized carbons (Fsp3) is 0.643. The highest BCUT2D eigenvalue weighted by Crippen LogP contribution is 2.27. The zero-order valence-electron chi connectivity index (χ0n) is 11.2. The van der Waals surface area contributed by atoms with Gasteiger partial charge in [0.05, 0.1) is 18.4 Å². The standard InChI is InChI=1S/C14H23NO2/c1-5-6-11(4)14(16)12-7-13(9-15-8-12)17-10(2)3/h7-11,14,16H,5-6H2,1-4H3. The molecule has 1 N–H and O–H groups in total. The molecule has 0 aliphatic rings. The van der Waals surface area contributed by atoms with Crippen LogP contribution in [0.5, 0.6) is 5.75 Å². The van der Waals surface area contributed by atoms with Gasteiger partial charge in [-0.3, -0.25) is 4.98 Å². The summed E-state index contributed by atoms with van der Waals surface area (Å²) in [5, 5.41) is 10.2. The zero-order chi connectivity index (χ0) is 12.8. The van der Waals surface area contributed by atoms with E-state index in [-0.39, 0.29) is 12.0 Å². The van der Waals surface area contributed by atoms with Gasteiger partial charge in [0.15, 0.2) is 0 Å². The molecule has 1 aromatic heterocycles. The average Bonchev–Trinajstić information content (AvgIpc) is 2.28. The second kappa shape index (κ2) is 6.60. The van der Waals surface area contributed by atoms with Crippen LogP contribution in [0.4, 0.5) is 0 Å². The lowest BCUT2D eigenvalue weighted by Gasteiger charge is -2.19. The van der Waals surface area contributed by atoms with Crippen LogP contribution in [0.25, 0.3) is 0 Å². The minimum atomic E-state index is -0.460. The lowest BCUT2D eigenvalue weighted by Crippen LogP contribution is -2.11. The second-order valence-electron chi connectivity index (χ2n) is 4.83. The number of ether oxygens (including phenoxy) is 1. The molecule has 0 saturated carbocycles. The first kappa shape index (κ1) is 14.0. The third-order valence-electron chi connectivity index (χ3n) is 2.73. The molecule has 0 aliphatic carbocycles. The normalized spacial score (nSPS) is 14.7. The summed E-state index contributed by atoms with van der Waals surface area (Å²) in [4.78, 5) is 4.12. The Balaban J connectivity index is 2.76. The first-order valence-corrected chi connectivity index (χ1v) is 6.34. The maximum Gasteiger partial charge on any atom is 0.138 e. The molecule has 0 bridgehead atoms. The van der Waals surface area contributed by atoms with E-state index in [1.165, 1.54) is 0 Å². The molecule has 0 fully saturated rings. The third kappa shape index (κ3) is 4.35. The summed E-state index contributed by atoms with van der Waals surface area (Å²) in [6, 6.07) is 1.88. The smallest absolute Gasteiger partial charge is 0.138 e. The molecule has 17 heavy (non-hydrogen) atoms. The Morgan fingerprint density at radius 2 is 2.00 bits per heavy atom. The summed E-state index contributed by atoms with van der Waals surface area (Å²) < 4.78 is 5.57. The van der Waals surface area contributed by atoms with E-state index in [1.54, 1.807) is 12.4 Å². The minimum Gasteiger partial charge on any atom is -0.489 e. The van der Waals surface area contributed by atoms with Crippen molar-refractivity contribution in [2.24, 2.45) is 5.92 Å². The SMILES string of the molecule is CCCC(C)C(O)c1cncc(OC(C)C)c1. The molecule has 0 aliphatic heterocycles. The molecule has 1 heterocycles. The van der Waals surface area contributed by atoms with Crippen LogP contribution in [-0.4, -0.2) is 16.2 Å². The van der Waals surface area contributed by atoms with E-state index < -0.39 is 6.10 Å². The molecular formula is C14H23NO2. The highest BCUT2D eigenvalue weighted by molar-refractivity contribution is 5.25. The predicted molar refractivity (Wildman–Crippen MR) is 69.0 cm³/mol. The lowest BCUT2D eigenvalue weighted by molar-refractivity contribution is 0.111. The van der Waals surface area contributed by atoms with E-state index in [1.807, 2.05) is 19.9 Å². The van der Waals surface area contributed by atoms with Gasteiger partial charge in [0, 0.05) is 11.8 Å². The Morgan fingerprint density at radius 1 is 1.29 bits per heavy atom. The molecule has 1 aromatic rings. The van der Waals surface area contributed by atoms with Crippen LogP contribution in [0.2, 0.25) is 0 Å². The first-order valence-electron chi connectivity index (χ1n) is 6.34. The van der Waals surface area contributed by atoms with Gasteiger partial charge in [0.25, 0.3) is 0 Å². The maximum absolute atomic E-state index is 10.2. The molecule has 3 heteroatoms. The van der Waals surface area contributed by atoms with E-state index >= 15 is 0 Å². The Hall–Kier alpha value is -1.09. The fourth-order valence-corrected chi connectivity index (χ4v) is 1.88. The van der Waals surface area contributed by atoms with E-state index in [0.717, 1.165) is 24.2 Å². The highest BCUT2D eigenvalue weighted by atomic mass is 16.5. The van der Waals surface area contributed by atoms with E-state index in [0.29, 0.717) is 0 Å². The molecule has 96 valence electrons. The number of aliphatic hydroxyl groups excluding tert-OH is 1. The van der Waals surface area contributed by atoms with Crippen molar-refractivity contribution in [2.45, 2.75) is 52.7 Å². The van der Waals surface area contributed by atoms with Gasteiger partial charge in [0.1, 0.15) is 5.75 Å². The number of rotatable bonds is 6. The van der Waals surface area contributed by atoms with Crippen molar-refractivity contribution < 1.29 is 9.84 Å². The van der Waals surface area contributed by atoms with Crippen molar-refractivity contribution in [1.82, 2.24) is 4.98 Å². The van der Waals surface area contributed by atoms with E-state index in [4.69, 9.17) is 4.74 Å². The zero-order valence-corrected chi connectivity index (χ0v) is 11.2. The Bertz CT molecular complexity index is 339. The van der Waals surface area contributed by atoms with Crippen molar-refractivity contribution in [1.29, 1.82) is 0 Å². The summed E-state index contributed by atoms with van der Waals surface area (Å²) in [6.45, 7) is 8.13. The van der Waals surface area contributed by atoms with Crippen molar-refractivity contribution in [3.8, 4) is 5.75 Å². The monoisotopic (exact) mass is 237 g/mol. The molecule has 2 unspecified atom stereocenters. The van der Waals surface area contributed by atoms with Crippen molar-refractivity contribution in [2.75, 3.05) is 0 Å². The van der Waals surface area contributed by atoms with Gasteiger partial charge in [-0.2, -0.15) is 0 Å². The molecule has 0 radical (unpaired) electrons. The number of hydrogen-bond acceptors (Lipinski definition) is 3. The van der Waals surface area contributed by atoms with Gasteiger partial charge in [-0.25, -0.2) is 0 Å². The van der Waals surface area contributed by atoms with Crippen LogP contribution in [0.3, 0.4) is 0 Å². The Morgan fingerprint density at radius 3 is 2.59 bits per heavy atom. The van der Waals surface area contributed by atoms with Crippen LogP contribution in [0.15, 0.2) is 18.5 Å². The molecule has 0 saturated heterocycles. The van der Waals surface area contributed by atoms with E-state index in [9.17, 15) is 5.11 Å². The summed E-state index contributed by atoms with van der Waals surface area (Å²) in [5.74, 6) is 0.969. The fourth-order valence-electron chi connectivity index (χ4n) is 1.88. The summed E-state index contributed by atoms with van der Waals surface area (Å²) in [5.41, 5.74) is 0.837. The Labute approximate surface area is 104 Å². The topological polar surface area (TPSA) is 42.4 Å². The van der Waals surface area contributed by atoms with Crippen molar-refractivity contribution in [3.63, 3.8) is 0 Å². The largest absolute Gasteiger partial charge is 0.489 e. The van der Waals surface area contributed by atoms with Crippen LogP contribution in [0, 0.1) is 5.92 Å². The number of pyridine rings is 1.